The van der Waals surface area contributed by atoms with Crippen LogP contribution in [-0.2, 0) is 23.8 Å². The monoisotopic (exact) mass is 891 g/mol. The lowest BCUT2D eigenvalue weighted by Crippen LogP contribution is -2.30. The highest BCUT2D eigenvalue weighted by atomic mass is 16.6. The largest absolute Gasteiger partial charge is 0.462 e. The summed E-state index contributed by atoms with van der Waals surface area (Å²) in [7, 11) is 0. The summed E-state index contributed by atoms with van der Waals surface area (Å²) in [5, 5.41) is 0. The fraction of sp³-hybridized carbons (Fsp3) is 0.729. The molecular weight excluding hydrogens is 789 g/mol. The van der Waals surface area contributed by atoms with Gasteiger partial charge in [-0.25, -0.2) is 0 Å². The van der Waals surface area contributed by atoms with Gasteiger partial charge in [-0.2, -0.15) is 0 Å². The van der Waals surface area contributed by atoms with Crippen molar-refractivity contribution in [2.75, 3.05) is 19.8 Å². The first-order valence-electron chi connectivity index (χ1n) is 27.1. The van der Waals surface area contributed by atoms with E-state index in [1.807, 2.05) is 0 Å². The van der Waals surface area contributed by atoms with E-state index < -0.39 is 6.10 Å². The van der Waals surface area contributed by atoms with Gasteiger partial charge >= 0.3 is 11.9 Å². The molecule has 1 atom stereocenters. The zero-order valence-electron chi connectivity index (χ0n) is 42.3. The maximum atomic E-state index is 12.7. The quantitative estimate of drug-likeness (QED) is 0.0346. The lowest BCUT2D eigenvalue weighted by atomic mass is 10.1. The molecule has 1 unspecified atom stereocenters. The minimum absolute atomic E-state index is 0.0599. The van der Waals surface area contributed by atoms with E-state index >= 15 is 0 Å². The Bertz CT molecular complexity index is 1190. The third kappa shape index (κ3) is 51.7. The molecule has 0 N–H and O–H groups in total. The van der Waals surface area contributed by atoms with Crippen LogP contribution in [0.4, 0.5) is 0 Å². The Morgan fingerprint density at radius 1 is 0.359 bits per heavy atom. The van der Waals surface area contributed by atoms with E-state index in [4.69, 9.17) is 14.2 Å². The Labute approximate surface area is 397 Å². The Kier molecular flexibility index (Phi) is 51.9. The number of unbranched alkanes of at least 4 members (excludes halogenated alkanes) is 24. The molecule has 5 heteroatoms. The maximum absolute atomic E-state index is 12.7. The number of ether oxygens (including phenoxy) is 3. The molecule has 0 aliphatic carbocycles. The number of esters is 2. The van der Waals surface area contributed by atoms with Crippen LogP contribution in [0, 0.1) is 0 Å². The Morgan fingerprint density at radius 3 is 1.14 bits per heavy atom. The van der Waals surface area contributed by atoms with Crippen LogP contribution in [0.3, 0.4) is 0 Å². The molecule has 0 heterocycles. The molecule has 0 aromatic carbocycles. The van der Waals surface area contributed by atoms with E-state index in [1.54, 1.807) is 0 Å². The molecule has 0 spiro atoms. The minimum Gasteiger partial charge on any atom is -0.462 e. The predicted molar refractivity (Wildman–Crippen MR) is 279 cm³/mol. The first kappa shape index (κ1) is 61.1. The average Bonchev–Trinajstić information content (AvgIpc) is 3.30. The first-order valence-corrected chi connectivity index (χ1v) is 27.1. The zero-order valence-corrected chi connectivity index (χ0v) is 42.3. The Balaban J connectivity index is 4.27. The second-order valence-electron chi connectivity index (χ2n) is 17.8. The highest BCUT2D eigenvalue weighted by Crippen LogP contribution is 2.14. The lowest BCUT2D eigenvalue weighted by Gasteiger charge is -2.18. The number of hydrogen-bond donors (Lipinski definition) is 0. The van der Waals surface area contributed by atoms with Gasteiger partial charge < -0.3 is 14.2 Å². The molecular formula is C59H102O5. The van der Waals surface area contributed by atoms with Crippen LogP contribution in [0.15, 0.2) is 85.1 Å². The second kappa shape index (κ2) is 54.4. The van der Waals surface area contributed by atoms with E-state index in [0.29, 0.717) is 19.4 Å². The number of hydrogen-bond acceptors (Lipinski definition) is 5. The van der Waals surface area contributed by atoms with Crippen LogP contribution in [0.2, 0.25) is 0 Å². The van der Waals surface area contributed by atoms with Crippen molar-refractivity contribution in [3.63, 3.8) is 0 Å². The van der Waals surface area contributed by atoms with Gasteiger partial charge in [-0.3, -0.25) is 9.59 Å². The molecule has 0 aliphatic rings. The number of carbonyl (C=O) groups excluding carboxylic acids is 2. The van der Waals surface area contributed by atoms with Gasteiger partial charge in [-0.1, -0.05) is 234 Å². The minimum atomic E-state index is -0.568. The van der Waals surface area contributed by atoms with Crippen LogP contribution in [-0.4, -0.2) is 37.9 Å². The summed E-state index contributed by atoms with van der Waals surface area (Å²) in [6.45, 7) is 7.56. The summed E-state index contributed by atoms with van der Waals surface area (Å²) in [6.07, 6.45) is 71.9. The van der Waals surface area contributed by atoms with Crippen molar-refractivity contribution >= 4 is 11.9 Å². The smallest absolute Gasteiger partial charge is 0.306 e. The normalized spacial score (nSPS) is 12.9. The van der Waals surface area contributed by atoms with E-state index in [2.05, 4.69) is 106 Å². The molecule has 64 heavy (non-hydrogen) atoms. The maximum Gasteiger partial charge on any atom is 0.306 e. The van der Waals surface area contributed by atoms with Gasteiger partial charge in [-0.05, 0) is 89.9 Å². The third-order valence-electron chi connectivity index (χ3n) is 11.4. The summed E-state index contributed by atoms with van der Waals surface area (Å²) in [5.41, 5.74) is 0. The number of rotatable bonds is 49. The van der Waals surface area contributed by atoms with Gasteiger partial charge in [-0.15, -0.1) is 0 Å². The zero-order chi connectivity index (χ0) is 46.3. The molecule has 0 aromatic heterocycles. The number of carbonyl (C=O) groups is 2. The highest BCUT2D eigenvalue weighted by Gasteiger charge is 2.17. The average molecular weight is 891 g/mol. The summed E-state index contributed by atoms with van der Waals surface area (Å²) in [4.78, 5) is 25.4. The Hall–Kier alpha value is -2.92. The van der Waals surface area contributed by atoms with Gasteiger partial charge in [0.15, 0.2) is 6.10 Å². The fourth-order valence-corrected chi connectivity index (χ4v) is 7.40. The van der Waals surface area contributed by atoms with Crippen molar-refractivity contribution < 1.29 is 23.8 Å². The fourth-order valence-electron chi connectivity index (χ4n) is 7.40. The molecule has 0 saturated heterocycles. The van der Waals surface area contributed by atoms with E-state index in [-0.39, 0.29) is 25.2 Å². The van der Waals surface area contributed by atoms with Crippen molar-refractivity contribution in [3.8, 4) is 0 Å². The molecule has 368 valence electrons. The molecule has 0 saturated carbocycles. The van der Waals surface area contributed by atoms with Crippen molar-refractivity contribution in [2.45, 2.75) is 258 Å². The first-order chi connectivity index (χ1) is 31.6. The molecule has 0 amide bonds. The van der Waals surface area contributed by atoms with Crippen LogP contribution >= 0.6 is 0 Å². The van der Waals surface area contributed by atoms with Crippen molar-refractivity contribution in [1.29, 1.82) is 0 Å². The summed E-state index contributed by atoms with van der Waals surface area (Å²) >= 11 is 0. The van der Waals surface area contributed by atoms with Gasteiger partial charge in [0.05, 0.1) is 6.61 Å². The van der Waals surface area contributed by atoms with Crippen molar-refractivity contribution in [3.05, 3.63) is 85.1 Å². The van der Waals surface area contributed by atoms with Gasteiger partial charge in [0.25, 0.3) is 0 Å². The molecule has 0 aromatic rings. The SMILES string of the molecule is CC/C=C\C/C=C\C/C=C\C/C=C\C/C=C\C/C=C\CCCOCC(COC(=O)CCCCCCCCCCC/C=C\CCCCCCCC)OC(=O)CCCCCCCCCCC. The van der Waals surface area contributed by atoms with Gasteiger partial charge in [0, 0.05) is 19.4 Å². The van der Waals surface area contributed by atoms with E-state index in [0.717, 1.165) is 83.5 Å². The summed E-state index contributed by atoms with van der Waals surface area (Å²) < 4.78 is 17.3. The van der Waals surface area contributed by atoms with Crippen molar-refractivity contribution in [2.24, 2.45) is 0 Å². The van der Waals surface area contributed by atoms with E-state index in [1.165, 1.54) is 135 Å². The topological polar surface area (TPSA) is 61.8 Å². The lowest BCUT2D eigenvalue weighted by molar-refractivity contribution is -0.163. The van der Waals surface area contributed by atoms with Gasteiger partial charge in [0.1, 0.15) is 6.61 Å². The molecule has 5 nitrogen and oxygen atoms in total. The van der Waals surface area contributed by atoms with Crippen LogP contribution in [0.1, 0.15) is 252 Å². The highest BCUT2D eigenvalue weighted by molar-refractivity contribution is 5.70. The second-order valence-corrected chi connectivity index (χ2v) is 17.8. The molecule has 0 bridgehead atoms. The van der Waals surface area contributed by atoms with Crippen LogP contribution in [0.5, 0.6) is 0 Å². The third-order valence-corrected chi connectivity index (χ3v) is 11.4. The molecule has 0 rings (SSSR count). The molecule has 0 radical (unpaired) electrons. The van der Waals surface area contributed by atoms with E-state index in [9.17, 15) is 9.59 Å². The predicted octanol–water partition coefficient (Wildman–Crippen LogP) is 18.5. The molecule has 0 fully saturated rings. The standard InChI is InChI=1S/C59H102O5/c1-4-7-10-13-16-19-21-23-25-27-29-31-33-35-37-39-42-45-48-51-54-62-55-57(64-59(61)53-50-47-44-40-18-15-12-9-6-3)56-63-58(60)52-49-46-43-41-38-36-34-32-30-28-26-24-22-20-17-14-11-8-5-2/h7,10,16,19,23-26,29,31,35,37,42,45,57H,4-6,8-9,11-15,17-18,20-22,27-28,30,32-34,36,38-41,43-44,46-56H2,1-3H3/b10-7-,19-16-,25-23-,26-24-,31-29-,37-35-,45-42-. The van der Waals surface area contributed by atoms with Crippen molar-refractivity contribution in [1.82, 2.24) is 0 Å². The summed E-state index contributed by atoms with van der Waals surface area (Å²) in [5.74, 6) is -0.431. The number of allylic oxidation sites excluding steroid dienone is 14. The summed E-state index contributed by atoms with van der Waals surface area (Å²) in [6, 6.07) is 0. The van der Waals surface area contributed by atoms with Crippen LogP contribution < -0.4 is 0 Å². The van der Waals surface area contributed by atoms with Gasteiger partial charge in [0.2, 0.25) is 0 Å². The molecule has 0 aliphatic heterocycles. The Morgan fingerprint density at radius 2 is 0.703 bits per heavy atom. The van der Waals surface area contributed by atoms with Crippen LogP contribution in [0.25, 0.3) is 0 Å².